The van der Waals surface area contributed by atoms with Crippen molar-refractivity contribution in [2.45, 2.75) is 130 Å². The van der Waals surface area contributed by atoms with E-state index < -0.39 is 0 Å². The third-order valence-corrected chi connectivity index (χ3v) is 10.7. The molecule has 0 aromatic carbocycles. The van der Waals surface area contributed by atoms with Gasteiger partial charge < -0.3 is 5.11 Å². The second-order valence-corrected chi connectivity index (χ2v) is 12.0. The third kappa shape index (κ3) is 3.72. The molecule has 0 radical (unpaired) electrons. The Hall–Kier alpha value is -0.0400. The second-order valence-electron chi connectivity index (χ2n) is 12.0. The monoisotopic (exact) mass is 388 g/mol. The zero-order chi connectivity index (χ0) is 19.8. The highest BCUT2D eigenvalue weighted by Gasteiger charge is 2.59. The molecule has 0 heterocycles. The Kier molecular flexibility index (Phi) is 6.51. The molecule has 1 heteroatoms. The molecule has 4 saturated carbocycles. The van der Waals surface area contributed by atoms with E-state index in [1.165, 1.54) is 89.9 Å². The highest BCUT2D eigenvalue weighted by Crippen LogP contribution is 2.67. The van der Waals surface area contributed by atoms with Gasteiger partial charge in [-0.1, -0.05) is 59.3 Å². The van der Waals surface area contributed by atoms with Crippen molar-refractivity contribution in [2.24, 2.45) is 40.4 Å². The van der Waals surface area contributed by atoms with Gasteiger partial charge in [0.2, 0.25) is 0 Å². The van der Waals surface area contributed by atoms with Gasteiger partial charge in [-0.3, -0.25) is 0 Å². The van der Waals surface area contributed by atoms with E-state index in [-0.39, 0.29) is 6.10 Å². The van der Waals surface area contributed by atoms with Gasteiger partial charge in [-0.2, -0.15) is 0 Å². The van der Waals surface area contributed by atoms with Gasteiger partial charge in [0.25, 0.3) is 0 Å². The molecule has 0 aromatic rings. The van der Waals surface area contributed by atoms with Gasteiger partial charge in [0.05, 0.1) is 6.10 Å². The van der Waals surface area contributed by atoms with Crippen molar-refractivity contribution in [3.8, 4) is 0 Å². The Morgan fingerprint density at radius 2 is 1.46 bits per heavy atom. The van der Waals surface area contributed by atoms with Crippen molar-refractivity contribution in [3.05, 3.63) is 0 Å². The minimum absolute atomic E-state index is 0.00308. The summed E-state index contributed by atoms with van der Waals surface area (Å²) >= 11 is 0. The Morgan fingerprint density at radius 1 is 0.750 bits per heavy atom. The summed E-state index contributed by atoms with van der Waals surface area (Å²) in [4.78, 5) is 0. The Morgan fingerprint density at radius 3 is 2.29 bits per heavy atom. The highest BCUT2D eigenvalue weighted by molar-refractivity contribution is 5.09. The summed E-state index contributed by atoms with van der Waals surface area (Å²) in [5, 5.41) is 10.2. The lowest BCUT2D eigenvalue weighted by atomic mass is 9.44. The fourth-order valence-corrected chi connectivity index (χ4v) is 8.99. The van der Waals surface area contributed by atoms with E-state index in [4.69, 9.17) is 0 Å². The van der Waals surface area contributed by atoms with Crippen LogP contribution >= 0.6 is 0 Å². The first kappa shape index (κ1) is 21.2. The first-order valence-corrected chi connectivity index (χ1v) is 13.2. The lowest BCUT2D eigenvalue weighted by Crippen LogP contribution is -2.53. The molecule has 4 rings (SSSR count). The van der Waals surface area contributed by atoms with Crippen LogP contribution in [0.15, 0.2) is 0 Å². The van der Waals surface area contributed by atoms with Crippen LogP contribution in [0, 0.1) is 40.4 Å². The largest absolute Gasteiger partial charge is 0.393 e. The Bertz CT molecular complexity index is 514. The molecule has 0 amide bonds. The van der Waals surface area contributed by atoms with Gasteiger partial charge >= 0.3 is 0 Å². The molecule has 0 aliphatic heterocycles. The van der Waals surface area contributed by atoms with Gasteiger partial charge in [0.1, 0.15) is 0 Å². The highest BCUT2D eigenvalue weighted by atomic mass is 16.3. The molecule has 0 aromatic heterocycles. The van der Waals surface area contributed by atoms with Crippen LogP contribution < -0.4 is 0 Å². The molecule has 4 fully saturated rings. The second kappa shape index (κ2) is 8.60. The van der Waals surface area contributed by atoms with Crippen molar-refractivity contribution in [1.82, 2.24) is 0 Å². The molecular formula is C27H48O. The SMILES string of the molecule is CCCCCCCC[C@H]1CCC2C3CC[C@H]4C[C@H](O)CC[C@]4(C)C3CC[C@@]21C. The van der Waals surface area contributed by atoms with Gasteiger partial charge in [0, 0.05) is 0 Å². The van der Waals surface area contributed by atoms with E-state index >= 15 is 0 Å². The fourth-order valence-electron chi connectivity index (χ4n) is 8.99. The summed E-state index contributed by atoms with van der Waals surface area (Å²) in [6.45, 7) is 7.66. The normalized spacial score (nSPS) is 48.0. The molecule has 162 valence electrons. The van der Waals surface area contributed by atoms with Gasteiger partial charge in [0.15, 0.2) is 0 Å². The summed E-state index contributed by atoms with van der Waals surface area (Å²) in [6, 6.07) is 0. The van der Waals surface area contributed by atoms with Crippen LogP contribution in [0.1, 0.15) is 124 Å². The maximum atomic E-state index is 10.2. The number of aliphatic hydroxyl groups is 1. The third-order valence-electron chi connectivity index (χ3n) is 10.7. The number of hydrogen-bond donors (Lipinski definition) is 1. The predicted molar refractivity (Wildman–Crippen MR) is 119 cm³/mol. The number of hydrogen-bond acceptors (Lipinski definition) is 1. The standard InChI is InChI=1S/C27H48O/c1-4-5-6-7-8-9-10-20-12-14-24-23-13-11-21-19-22(28)15-17-27(21,3)25(23)16-18-26(20,24)2/h20-25,28H,4-19H2,1-3H3/t20-,21-,22+,23?,24?,25?,26+,27-/m0/s1. The van der Waals surface area contributed by atoms with E-state index in [9.17, 15) is 5.11 Å². The first-order chi connectivity index (χ1) is 13.5. The number of aliphatic hydroxyl groups excluding tert-OH is 1. The fraction of sp³-hybridized carbons (Fsp3) is 1.00. The molecular weight excluding hydrogens is 340 g/mol. The van der Waals surface area contributed by atoms with Crippen LogP contribution in [0.4, 0.5) is 0 Å². The number of fused-ring (bicyclic) bond motifs is 5. The quantitative estimate of drug-likeness (QED) is 0.442. The smallest absolute Gasteiger partial charge is 0.0543 e. The average Bonchev–Trinajstić information content (AvgIpc) is 3.01. The number of unbranched alkanes of at least 4 members (excludes halogenated alkanes) is 5. The molecule has 4 aliphatic carbocycles. The van der Waals surface area contributed by atoms with E-state index in [0.717, 1.165) is 42.4 Å². The topological polar surface area (TPSA) is 20.2 Å². The lowest BCUT2D eigenvalue weighted by molar-refractivity contribution is -0.127. The molecule has 28 heavy (non-hydrogen) atoms. The van der Waals surface area contributed by atoms with Crippen LogP contribution in [-0.2, 0) is 0 Å². The van der Waals surface area contributed by atoms with Crippen LogP contribution in [0.25, 0.3) is 0 Å². The lowest BCUT2D eigenvalue weighted by Gasteiger charge is -2.61. The van der Waals surface area contributed by atoms with Crippen LogP contribution in [-0.4, -0.2) is 11.2 Å². The maximum absolute atomic E-state index is 10.2. The summed E-state index contributed by atoms with van der Waals surface area (Å²) in [7, 11) is 0. The number of rotatable bonds is 7. The van der Waals surface area contributed by atoms with Crippen LogP contribution in [0.3, 0.4) is 0 Å². The molecule has 8 atom stereocenters. The minimum atomic E-state index is -0.00308. The summed E-state index contributed by atoms with van der Waals surface area (Å²) in [5.74, 6) is 4.81. The molecule has 0 spiro atoms. The molecule has 4 aliphatic rings. The average molecular weight is 389 g/mol. The van der Waals surface area contributed by atoms with Crippen LogP contribution in [0.2, 0.25) is 0 Å². The zero-order valence-corrected chi connectivity index (χ0v) is 19.2. The van der Waals surface area contributed by atoms with Crippen molar-refractivity contribution in [2.75, 3.05) is 0 Å². The van der Waals surface area contributed by atoms with Crippen LogP contribution in [0.5, 0.6) is 0 Å². The molecule has 0 bridgehead atoms. The summed E-state index contributed by atoms with van der Waals surface area (Å²) in [6.07, 6.45) is 22.6. The predicted octanol–water partition coefficient (Wildman–Crippen LogP) is 7.76. The first-order valence-electron chi connectivity index (χ1n) is 13.2. The van der Waals surface area contributed by atoms with Crippen molar-refractivity contribution >= 4 is 0 Å². The van der Waals surface area contributed by atoms with E-state index in [2.05, 4.69) is 20.8 Å². The van der Waals surface area contributed by atoms with Crippen molar-refractivity contribution < 1.29 is 5.11 Å². The van der Waals surface area contributed by atoms with Gasteiger partial charge in [-0.15, -0.1) is 0 Å². The van der Waals surface area contributed by atoms with Gasteiger partial charge in [-0.25, -0.2) is 0 Å². The van der Waals surface area contributed by atoms with Gasteiger partial charge in [-0.05, 0) is 105 Å². The molecule has 1 N–H and O–H groups in total. The maximum Gasteiger partial charge on any atom is 0.0543 e. The minimum Gasteiger partial charge on any atom is -0.393 e. The van der Waals surface area contributed by atoms with E-state index in [1.807, 2.05) is 0 Å². The Labute approximate surface area is 175 Å². The van der Waals surface area contributed by atoms with E-state index in [0.29, 0.717) is 10.8 Å². The zero-order valence-electron chi connectivity index (χ0n) is 19.2. The van der Waals surface area contributed by atoms with Crippen molar-refractivity contribution in [3.63, 3.8) is 0 Å². The van der Waals surface area contributed by atoms with Crippen molar-refractivity contribution in [1.29, 1.82) is 0 Å². The Balaban J connectivity index is 1.37. The molecule has 0 saturated heterocycles. The molecule has 3 unspecified atom stereocenters. The molecule has 1 nitrogen and oxygen atoms in total. The summed E-state index contributed by atoms with van der Waals surface area (Å²) < 4.78 is 0. The summed E-state index contributed by atoms with van der Waals surface area (Å²) in [5.41, 5.74) is 1.20. The van der Waals surface area contributed by atoms with E-state index in [1.54, 1.807) is 0 Å².